The zero-order valence-electron chi connectivity index (χ0n) is 11.6. The first-order valence-electron chi connectivity index (χ1n) is 6.44. The van der Waals surface area contributed by atoms with Crippen LogP contribution in [0.15, 0.2) is 36.4 Å². The fourth-order valence-corrected chi connectivity index (χ4v) is 2.00. The van der Waals surface area contributed by atoms with E-state index in [-0.39, 0.29) is 28.9 Å². The number of ether oxygens (including phenoxy) is 1. The molecular weight excluding hydrogens is 294 g/mol. The maximum atomic E-state index is 14.0. The van der Waals surface area contributed by atoms with E-state index in [1.54, 1.807) is 6.92 Å². The molecule has 4 nitrogen and oxygen atoms in total. The number of benzene rings is 2. The van der Waals surface area contributed by atoms with E-state index in [1.165, 1.54) is 18.2 Å². The maximum absolute atomic E-state index is 14.0. The van der Waals surface area contributed by atoms with Gasteiger partial charge >= 0.3 is 11.9 Å². The van der Waals surface area contributed by atoms with E-state index in [2.05, 4.69) is 0 Å². The summed E-state index contributed by atoms with van der Waals surface area (Å²) in [6.45, 7) is 1.71. The molecule has 1 N–H and O–H groups in total. The molecular formula is C16H12F2O4. The number of hydrogen-bond donors (Lipinski definition) is 1. The topological polar surface area (TPSA) is 63.6 Å². The molecule has 0 amide bonds. The summed E-state index contributed by atoms with van der Waals surface area (Å²) in [5.41, 5.74) is -0.154. The second-order valence-corrected chi connectivity index (χ2v) is 4.41. The van der Waals surface area contributed by atoms with Gasteiger partial charge in [-0.2, -0.15) is 0 Å². The Hall–Kier alpha value is -2.76. The molecule has 0 bridgehead atoms. The van der Waals surface area contributed by atoms with Gasteiger partial charge in [0.05, 0.1) is 17.7 Å². The minimum absolute atomic E-state index is 0.112. The highest BCUT2D eigenvalue weighted by molar-refractivity contribution is 5.96. The quantitative estimate of drug-likeness (QED) is 0.878. The Morgan fingerprint density at radius 3 is 2.41 bits per heavy atom. The third-order valence-corrected chi connectivity index (χ3v) is 2.99. The molecule has 6 heteroatoms. The Kier molecular flexibility index (Phi) is 4.50. The lowest BCUT2D eigenvalue weighted by Gasteiger charge is -2.09. The average molecular weight is 306 g/mol. The van der Waals surface area contributed by atoms with Gasteiger partial charge in [0.25, 0.3) is 0 Å². The highest BCUT2D eigenvalue weighted by atomic mass is 19.1. The first kappa shape index (κ1) is 15.6. The summed E-state index contributed by atoms with van der Waals surface area (Å²) in [4.78, 5) is 22.7. The van der Waals surface area contributed by atoms with Crippen molar-refractivity contribution in [3.63, 3.8) is 0 Å². The smallest absolute Gasteiger partial charge is 0.341 e. The summed E-state index contributed by atoms with van der Waals surface area (Å²) in [6.07, 6.45) is 0. The van der Waals surface area contributed by atoms with E-state index in [4.69, 9.17) is 9.84 Å². The van der Waals surface area contributed by atoms with Crippen molar-refractivity contribution in [3.8, 4) is 11.1 Å². The molecule has 0 aliphatic rings. The summed E-state index contributed by atoms with van der Waals surface area (Å²) in [7, 11) is 0. The Morgan fingerprint density at radius 1 is 1.09 bits per heavy atom. The van der Waals surface area contributed by atoms with Crippen molar-refractivity contribution in [2.75, 3.05) is 6.61 Å². The van der Waals surface area contributed by atoms with Crippen molar-refractivity contribution in [2.24, 2.45) is 0 Å². The van der Waals surface area contributed by atoms with Gasteiger partial charge in [-0.1, -0.05) is 12.1 Å². The van der Waals surface area contributed by atoms with Gasteiger partial charge in [0.15, 0.2) is 0 Å². The predicted molar refractivity (Wildman–Crippen MR) is 74.7 cm³/mol. The summed E-state index contributed by atoms with van der Waals surface area (Å²) < 4.78 is 31.9. The molecule has 0 saturated carbocycles. The van der Waals surface area contributed by atoms with Crippen molar-refractivity contribution in [3.05, 3.63) is 59.2 Å². The van der Waals surface area contributed by atoms with Crippen molar-refractivity contribution in [1.82, 2.24) is 0 Å². The van der Waals surface area contributed by atoms with Gasteiger partial charge < -0.3 is 9.84 Å². The second kappa shape index (κ2) is 6.34. The number of hydrogen-bond acceptors (Lipinski definition) is 3. The minimum Gasteiger partial charge on any atom is -0.478 e. The molecule has 0 aliphatic heterocycles. The molecule has 0 saturated heterocycles. The van der Waals surface area contributed by atoms with Gasteiger partial charge in [0, 0.05) is 0 Å². The van der Waals surface area contributed by atoms with Gasteiger partial charge in [-0.3, -0.25) is 0 Å². The lowest BCUT2D eigenvalue weighted by atomic mass is 9.98. The largest absolute Gasteiger partial charge is 0.478 e. The molecule has 114 valence electrons. The molecule has 0 radical (unpaired) electrons. The number of carboxylic acids is 1. The van der Waals surface area contributed by atoms with Crippen LogP contribution in [0.4, 0.5) is 8.78 Å². The molecule has 0 spiro atoms. The van der Waals surface area contributed by atoms with Crippen LogP contribution in [0.1, 0.15) is 27.6 Å². The second-order valence-electron chi connectivity index (χ2n) is 4.41. The van der Waals surface area contributed by atoms with Crippen LogP contribution in [-0.2, 0) is 4.74 Å². The van der Waals surface area contributed by atoms with Crippen molar-refractivity contribution >= 4 is 11.9 Å². The van der Waals surface area contributed by atoms with Gasteiger partial charge in [0.1, 0.15) is 11.6 Å². The van der Waals surface area contributed by atoms with Crippen molar-refractivity contribution in [2.45, 2.75) is 6.92 Å². The normalized spacial score (nSPS) is 10.3. The Labute approximate surface area is 125 Å². The molecule has 2 aromatic rings. The SMILES string of the molecule is CCOC(=O)c1ccc(-c2ccc(F)cc2C(=O)O)cc1F. The number of esters is 1. The zero-order valence-corrected chi connectivity index (χ0v) is 11.6. The number of carbonyl (C=O) groups excluding carboxylic acids is 1. The van der Waals surface area contributed by atoms with Gasteiger partial charge in [0.2, 0.25) is 0 Å². The highest BCUT2D eigenvalue weighted by Gasteiger charge is 2.17. The van der Waals surface area contributed by atoms with Crippen LogP contribution in [-0.4, -0.2) is 23.7 Å². The molecule has 0 unspecified atom stereocenters. The van der Waals surface area contributed by atoms with Crippen LogP contribution in [0.3, 0.4) is 0 Å². The fraction of sp³-hybridized carbons (Fsp3) is 0.125. The molecule has 0 atom stereocenters. The summed E-state index contributed by atoms with van der Waals surface area (Å²) in [5.74, 6) is -3.67. The van der Waals surface area contributed by atoms with Gasteiger partial charge in [-0.15, -0.1) is 0 Å². The lowest BCUT2D eigenvalue weighted by Crippen LogP contribution is -2.07. The van der Waals surface area contributed by atoms with Crippen LogP contribution in [0.25, 0.3) is 11.1 Å². The maximum Gasteiger partial charge on any atom is 0.341 e. The number of carboxylic acid groups (broad SMARTS) is 1. The Morgan fingerprint density at radius 2 is 1.82 bits per heavy atom. The number of rotatable bonds is 4. The van der Waals surface area contributed by atoms with E-state index in [1.807, 2.05) is 0 Å². The van der Waals surface area contributed by atoms with Crippen LogP contribution < -0.4 is 0 Å². The van der Waals surface area contributed by atoms with Gasteiger partial charge in [-0.25, -0.2) is 18.4 Å². The van der Waals surface area contributed by atoms with Crippen molar-refractivity contribution < 1.29 is 28.2 Å². The Balaban J connectivity index is 2.49. The monoisotopic (exact) mass is 306 g/mol. The standard InChI is InChI=1S/C16H12F2O4/c1-2-22-16(21)12-5-3-9(7-14(12)18)11-6-4-10(17)8-13(11)15(19)20/h3-8H,2H2,1H3,(H,19,20). The minimum atomic E-state index is -1.33. The fourth-order valence-electron chi connectivity index (χ4n) is 2.00. The van der Waals surface area contributed by atoms with Crippen LogP contribution in [0.2, 0.25) is 0 Å². The van der Waals surface area contributed by atoms with Crippen molar-refractivity contribution in [1.29, 1.82) is 0 Å². The first-order chi connectivity index (χ1) is 10.4. The molecule has 0 fully saturated rings. The molecule has 2 aromatic carbocycles. The lowest BCUT2D eigenvalue weighted by molar-refractivity contribution is 0.0520. The third kappa shape index (κ3) is 3.11. The molecule has 22 heavy (non-hydrogen) atoms. The average Bonchev–Trinajstić information content (AvgIpc) is 2.47. The summed E-state index contributed by atoms with van der Waals surface area (Å²) >= 11 is 0. The predicted octanol–water partition coefficient (Wildman–Crippen LogP) is 3.51. The molecule has 0 aliphatic carbocycles. The van der Waals surface area contributed by atoms with E-state index in [0.717, 1.165) is 18.2 Å². The van der Waals surface area contributed by atoms with E-state index < -0.39 is 23.6 Å². The number of carbonyl (C=O) groups is 2. The van der Waals surface area contributed by atoms with E-state index in [0.29, 0.717) is 0 Å². The van der Waals surface area contributed by atoms with Crippen LogP contribution in [0.5, 0.6) is 0 Å². The first-order valence-corrected chi connectivity index (χ1v) is 6.44. The van der Waals surface area contributed by atoms with Crippen LogP contribution in [0, 0.1) is 11.6 Å². The summed E-state index contributed by atoms with van der Waals surface area (Å²) in [6, 6.07) is 6.80. The molecule has 2 rings (SSSR count). The Bertz CT molecular complexity index is 741. The molecule has 0 aromatic heterocycles. The zero-order chi connectivity index (χ0) is 16.3. The number of halogens is 2. The highest BCUT2D eigenvalue weighted by Crippen LogP contribution is 2.26. The van der Waals surface area contributed by atoms with E-state index >= 15 is 0 Å². The van der Waals surface area contributed by atoms with Gasteiger partial charge in [-0.05, 0) is 42.3 Å². The molecule has 0 heterocycles. The van der Waals surface area contributed by atoms with E-state index in [9.17, 15) is 18.4 Å². The summed E-state index contributed by atoms with van der Waals surface area (Å²) in [5, 5.41) is 9.10. The third-order valence-electron chi connectivity index (χ3n) is 2.99. The van der Waals surface area contributed by atoms with Crippen LogP contribution >= 0.6 is 0 Å². The number of aromatic carboxylic acids is 1.